The minimum absolute atomic E-state index is 0. The van der Waals surface area contributed by atoms with Crippen LogP contribution in [0.5, 0.6) is 11.5 Å². The summed E-state index contributed by atoms with van der Waals surface area (Å²) in [6, 6.07) is 6.00. The Balaban J connectivity index is 0.00000300. The van der Waals surface area contributed by atoms with Gasteiger partial charge < -0.3 is 29.3 Å². The minimum Gasteiger partial charge on any atom is -0.493 e. The molecule has 2 heterocycles. The molecule has 1 aromatic carbocycles. The summed E-state index contributed by atoms with van der Waals surface area (Å²) in [6.07, 6.45) is -0.255. The molecule has 0 aliphatic carbocycles. The SMILES string of the molecule is COc1cccc(CNC2=NCC3CN(C(=O)OC(C)(C)C)CCN23)c1OC.I. The highest BCUT2D eigenvalue weighted by Gasteiger charge is 2.36. The summed E-state index contributed by atoms with van der Waals surface area (Å²) in [5.74, 6) is 2.29. The summed E-state index contributed by atoms with van der Waals surface area (Å²) in [5, 5.41) is 3.41. The van der Waals surface area contributed by atoms with E-state index in [0.29, 0.717) is 31.9 Å². The first-order valence-corrected chi connectivity index (χ1v) is 9.55. The van der Waals surface area contributed by atoms with E-state index in [1.165, 1.54) is 0 Å². The molecular formula is C20H31IN4O4. The summed E-state index contributed by atoms with van der Waals surface area (Å²) < 4.78 is 16.3. The number of fused-ring (bicyclic) bond motifs is 1. The summed E-state index contributed by atoms with van der Waals surface area (Å²) in [6.45, 7) is 8.86. The lowest BCUT2D eigenvalue weighted by molar-refractivity contribution is 0.0137. The van der Waals surface area contributed by atoms with E-state index in [2.05, 4.69) is 15.2 Å². The van der Waals surface area contributed by atoms with Crippen LogP contribution < -0.4 is 14.8 Å². The van der Waals surface area contributed by atoms with Crippen molar-refractivity contribution in [3.63, 3.8) is 0 Å². The molecule has 8 nitrogen and oxygen atoms in total. The number of aliphatic imine (C=N–C) groups is 1. The zero-order valence-corrected chi connectivity index (χ0v) is 20.1. The fourth-order valence-corrected chi connectivity index (χ4v) is 3.49. The second kappa shape index (κ2) is 9.73. The topological polar surface area (TPSA) is 75.6 Å². The Kier molecular flexibility index (Phi) is 7.84. The molecule has 0 bridgehead atoms. The standard InChI is InChI=1S/C20H30N4O4.HI/c1-20(2,3)28-19(25)23-9-10-24-15(13-23)12-22-18(24)21-11-14-7-6-8-16(26-4)17(14)27-5;/h6-8,15H,9-13H2,1-5H3,(H,21,22);1H. The van der Waals surface area contributed by atoms with Gasteiger partial charge >= 0.3 is 6.09 Å². The predicted molar refractivity (Wildman–Crippen MR) is 122 cm³/mol. The molecule has 0 radical (unpaired) electrons. The van der Waals surface area contributed by atoms with Crippen LogP contribution in [0.1, 0.15) is 26.3 Å². The van der Waals surface area contributed by atoms with Gasteiger partial charge in [-0.3, -0.25) is 4.99 Å². The second-order valence-electron chi connectivity index (χ2n) is 7.94. The van der Waals surface area contributed by atoms with Gasteiger partial charge in [0.15, 0.2) is 17.5 Å². The van der Waals surface area contributed by atoms with Gasteiger partial charge in [0.1, 0.15) is 5.60 Å². The largest absolute Gasteiger partial charge is 0.493 e. The van der Waals surface area contributed by atoms with Crippen LogP contribution in [0.4, 0.5) is 4.79 Å². The molecular weight excluding hydrogens is 487 g/mol. The zero-order chi connectivity index (χ0) is 20.3. The molecule has 1 unspecified atom stereocenters. The van der Waals surface area contributed by atoms with Gasteiger partial charge in [-0.05, 0) is 26.8 Å². The fourth-order valence-electron chi connectivity index (χ4n) is 3.49. The van der Waals surface area contributed by atoms with E-state index in [0.717, 1.165) is 23.8 Å². The molecule has 162 valence electrons. The molecule has 1 saturated heterocycles. The first-order chi connectivity index (χ1) is 13.3. The third-order valence-corrected chi connectivity index (χ3v) is 4.78. The maximum Gasteiger partial charge on any atom is 0.410 e. The number of nitrogens with one attached hydrogen (secondary N) is 1. The average molecular weight is 518 g/mol. The highest BCUT2D eigenvalue weighted by Crippen LogP contribution is 2.30. The van der Waals surface area contributed by atoms with Gasteiger partial charge in [-0.25, -0.2) is 4.79 Å². The maximum atomic E-state index is 12.3. The highest BCUT2D eigenvalue weighted by atomic mass is 127. The number of para-hydroxylation sites is 1. The molecule has 9 heteroatoms. The van der Waals surface area contributed by atoms with Crippen molar-refractivity contribution in [1.29, 1.82) is 0 Å². The first kappa shape index (κ1) is 23.4. The van der Waals surface area contributed by atoms with Crippen LogP contribution in [0, 0.1) is 0 Å². The molecule has 1 amide bonds. The number of halogens is 1. The Morgan fingerprint density at radius 1 is 1.24 bits per heavy atom. The monoisotopic (exact) mass is 518 g/mol. The smallest absolute Gasteiger partial charge is 0.410 e. The Hall–Kier alpha value is -1.91. The van der Waals surface area contributed by atoms with Gasteiger partial charge in [0, 0.05) is 31.7 Å². The Morgan fingerprint density at radius 2 is 2.00 bits per heavy atom. The van der Waals surface area contributed by atoms with Crippen LogP contribution in [-0.4, -0.2) is 73.9 Å². The van der Waals surface area contributed by atoms with Crippen LogP contribution in [-0.2, 0) is 11.3 Å². The van der Waals surface area contributed by atoms with Gasteiger partial charge in [-0.15, -0.1) is 24.0 Å². The number of hydrogen-bond acceptors (Lipinski definition) is 7. The van der Waals surface area contributed by atoms with E-state index in [9.17, 15) is 4.79 Å². The van der Waals surface area contributed by atoms with E-state index in [1.54, 1.807) is 19.1 Å². The molecule has 29 heavy (non-hydrogen) atoms. The third-order valence-electron chi connectivity index (χ3n) is 4.78. The minimum atomic E-state index is -0.483. The number of methoxy groups -OCH3 is 2. The van der Waals surface area contributed by atoms with Crippen molar-refractivity contribution in [1.82, 2.24) is 15.1 Å². The van der Waals surface area contributed by atoms with E-state index in [-0.39, 0.29) is 36.1 Å². The molecule has 0 aromatic heterocycles. The first-order valence-electron chi connectivity index (χ1n) is 9.55. The quantitative estimate of drug-likeness (QED) is 0.619. The number of guanidine groups is 1. The number of benzene rings is 1. The fraction of sp³-hybridized carbons (Fsp3) is 0.600. The van der Waals surface area contributed by atoms with E-state index in [1.807, 2.05) is 39.0 Å². The van der Waals surface area contributed by atoms with Gasteiger partial charge in [0.2, 0.25) is 0 Å². The van der Waals surface area contributed by atoms with E-state index < -0.39 is 5.60 Å². The van der Waals surface area contributed by atoms with Gasteiger partial charge in [0.25, 0.3) is 0 Å². The van der Waals surface area contributed by atoms with Crippen LogP contribution in [0.15, 0.2) is 23.2 Å². The van der Waals surface area contributed by atoms with Crippen molar-refractivity contribution in [2.75, 3.05) is 40.4 Å². The van der Waals surface area contributed by atoms with Crippen molar-refractivity contribution in [2.45, 2.75) is 39.0 Å². The maximum absolute atomic E-state index is 12.3. The van der Waals surface area contributed by atoms with Crippen molar-refractivity contribution in [3.05, 3.63) is 23.8 Å². The van der Waals surface area contributed by atoms with Crippen LogP contribution in [0.25, 0.3) is 0 Å². The number of hydrogen-bond donors (Lipinski definition) is 1. The molecule has 0 saturated carbocycles. The van der Waals surface area contributed by atoms with Gasteiger partial charge in [-0.1, -0.05) is 12.1 Å². The summed E-state index contributed by atoms with van der Waals surface area (Å²) >= 11 is 0. The lowest BCUT2D eigenvalue weighted by Gasteiger charge is -2.39. The Bertz CT molecular complexity index is 750. The van der Waals surface area contributed by atoms with Crippen molar-refractivity contribution < 1.29 is 19.0 Å². The molecule has 1 atom stereocenters. The second-order valence-corrected chi connectivity index (χ2v) is 7.94. The molecule has 1 N–H and O–H groups in total. The number of piperazine rings is 1. The zero-order valence-electron chi connectivity index (χ0n) is 17.7. The highest BCUT2D eigenvalue weighted by molar-refractivity contribution is 14.0. The van der Waals surface area contributed by atoms with E-state index >= 15 is 0 Å². The molecule has 3 rings (SSSR count). The van der Waals surface area contributed by atoms with Gasteiger partial charge in [0.05, 0.1) is 26.8 Å². The van der Waals surface area contributed by atoms with Gasteiger partial charge in [-0.2, -0.15) is 0 Å². The molecule has 2 aliphatic heterocycles. The summed E-state index contributed by atoms with van der Waals surface area (Å²) in [5.41, 5.74) is 0.517. The molecule has 0 spiro atoms. The molecule has 1 aromatic rings. The van der Waals surface area contributed by atoms with Crippen LogP contribution in [0.2, 0.25) is 0 Å². The third kappa shape index (κ3) is 5.58. The van der Waals surface area contributed by atoms with Crippen LogP contribution in [0.3, 0.4) is 0 Å². The Labute approximate surface area is 189 Å². The van der Waals surface area contributed by atoms with E-state index in [4.69, 9.17) is 14.2 Å². The number of ether oxygens (including phenoxy) is 3. The number of carbonyl (C=O) groups is 1. The number of nitrogens with zero attached hydrogens (tertiary/aromatic N) is 3. The van der Waals surface area contributed by atoms with Crippen molar-refractivity contribution in [3.8, 4) is 11.5 Å². The van der Waals surface area contributed by atoms with Crippen molar-refractivity contribution in [2.24, 2.45) is 4.99 Å². The molecule has 1 fully saturated rings. The number of carbonyl (C=O) groups excluding carboxylic acids is 1. The lowest BCUT2D eigenvalue weighted by Crippen LogP contribution is -2.57. The predicted octanol–water partition coefficient (Wildman–Crippen LogP) is 2.70. The lowest BCUT2D eigenvalue weighted by atomic mass is 10.1. The van der Waals surface area contributed by atoms with Crippen molar-refractivity contribution >= 4 is 36.0 Å². The summed E-state index contributed by atoms with van der Waals surface area (Å²) in [4.78, 5) is 21.0. The molecule has 2 aliphatic rings. The summed E-state index contributed by atoms with van der Waals surface area (Å²) in [7, 11) is 3.27. The Morgan fingerprint density at radius 3 is 2.66 bits per heavy atom. The van der Waals surface area contributed by atoms with Crippen LogP contribution >= 0.6 is 24.0 Å². The number of amides is 1. The normalized spacial score (nSPS) is 18.4. The number of rotatable bonds is 4. The average Bonchev–Trinajstić information content (AvgIpc) is 3.06.